The third kappa shape index (κ3) is 6.36. The number of carbonyl (C=O) groups excluding carboxylic acids is 2. The first-order chi connectivity index (χ1) is 12.3. The molecular formula is C21H31NO4. The molecule has 1 aromatic rings. The molecule has 0 radical (unpaired) electrons. The van der Waals surface area contributed by atoms with Crippen molar-refractivity contribution in [2.24, 2.45) is 5.92 Å². The molecule has 26 heavy (non-hydrogen) atoms. The van der Waals surface area contributed by atoms with Crippen molar-refractivity contribution in [3.8, 4) is 0 Å². The van der Waals surface area contributed by atoms with Gasteiger partial charge in [0.05, 0.1) is 6.61 Å². The molecule has 2 atom stereocenters. The van der Waals surface area contributed by atoms with Crippen LogP contribution in [0.25, 0.3) is 0 Å². The number of hydrogen-bond acceptors (Lipinski definition) is 4. The highest BCUT2D eigenvalue weighted by Crippen LogP contribution is 2.30. The molecule has 0 unspecified atom stereocenters. The Morgan fingerprint density at radius 2 is 1.88 bits per heavy atom. The zero-order valence-electron chi connectivity index (χ0n) is 16.4. The Hall–Kier alpha value is -2.04. The topological polar surface area (TPSA) is 55.8 Å². The van der Waals surface area contributed by atoms with Crippen molar-refractivity contribution in [1.82, 2.24) is 4.90 Å². The quantitative estimate of drug-likeness (QED) is 0.713. The fourth-order valence-electron chi connectivity index (χ4n) is 3.44. The number of esters is 1. The minimum absolute atomic E-state index is 0.0166. The molecule has 0 N–H and O–H groups in total. The number of likely N-dealkylation sites (tertiary alicyclic amines) is 1. The summed E-state index contributed by atoms with van der Waals surface area (Å²) in [7, 11) is 0. The Balaban J connectivity index is 2.02. The lowest BCUT2D eigenvalue weighted by Gasteiger charge is -2.28. The minimum Gasteiger partial charge on any atom is -0.466 e. The molecule has 0 spiro atoms. The summed E-state index contributed by atoms with van der Waals surface area (Å²) in [6.45, 7) is 8.46. The smallest absolute Gasteiger partial charge is 0.410 e. The number of carbonyl (C=O) groups is 2. The fraction of sp³-hybridized carbons (Fsp3) is 0.619. The predicted molar refractivity (Wildman–Crippen MR) is 101 cm³/mol. The third-order valence-corrected chi connectivity index (χ3v) is 4.48. The van der Waals surface area contributed by atoms with E-state index in [9.17, 15) is 9.59 Å². The van der Waals surface area contributed by atoms with Crippen LogP contribution in [0.1, 0.15) is 52.5 Å². The lowest BCUT2D eigenvalue weighted by molar-refractivity contribution is -0.143. The highest BCUT2D eigenvalue weighted by atomic mass is 16.6. The zero-order chi connectivity index (χ0) is 19.2. The maximum absolute atomic E-state index is 12.6. The fourth-order valence-corrected chi connectivity index (χ4v) is 3.44. The molecule has 2 rings (SSSR count). The van der Waals surface area contributed by atoms with Crippen molar-refractivity contribution < 1.29 is 19.1 Å². The number of benzene rings is 1. The van der Waals surface area contributed by atoms with Gasteiger partial charge in [-0.05, 0) is 58.4 Å². The van der Waals surface area contributed by atoms with E-state index in [-0.39, 0.29) is 18.1 Å². The first-order valence-corrected chi connectivity index (χ1v) is 9.47. The Kier molecular flexibility index (Phi) is 7.06. The van der Waals surface area contributed by atoms with Crippen molar-refractivity contribution >= 4 is 12.1 Å². The highest BCUT2D eigenvalue weighted by Gasteiger charge is 2.37. The van der Waals surface area contributed by atoms with E-state index in [0.29, 0.717) is 31.9 Å². The van der Waals surface area contributed by atoms with Crippen LogP contribution in [0, 0.1) is 5.92 Å². The standard InChI is InChI=1S/C21H31NO4/c1-5-25-19(23)12-11-18-14-17(13-16-9-7-6-8-10-16)15-22(18)20(24)26-21(2,3)4/h6-10,17-18H,5,11-15H2,1-4H3/t17-,18-/m1/s1. The van der Waals surface area contributed by atoms with Crippen LogP contribution < -0.4 is 0 Å². The summed E-state index contributed by atoms with van der Waals surface area (Å²) in [5, 5.41) is 0. The largest absolute Gasteiger partial charge is 0.466 e. The average molecular weight is 361 g/mol. The van der Waals surface area contributed by atoms with E-state index in [0.717, 1.165) is 12.8 Å². The molecule has 5 nitrogen and oxygen atoms in total. The van der Waals surface area contributed by atoms with Crippen LogP contribution in [0.15, 0.2) is 30.3 Å². The minimum atomic E-state index is -0.527. The molecule has 1 aliphatic rings. The van der Waals surface area contributed by atoms with Gasteiger partial charge in [0, 0.05) is 19.0 Å². The van der Waals surface area contributed by atoms with E-state index in [1.165, 1.54) is 5.56 Å². The number of hydrogen-bond donors (Lipinski definition) is 0. The Bertz CT molecular complexity index is 594. The van der Waals surface area contributed by atoms with Gasteiger partial charge in [0.2, 0.25) is 0 Å². The molecule has 144 valence electrons. The molecule has 0 bridgehead atoms. The lowest BCUT2D eigenvalue weighted by atomic mass is 9.95. The summed E-state index contributed by atoms with van der Waals surface area (Å²) in [6.07, 6.45) is 2.46. The molecular weight excluding hydrogens is 330 g/mol. The van der Waals surface area contributed by atoms with E-state index >= 15 is 0 Å². The highest BCUT2D eigenvalue weighted by molar-refractivity contribution is 5.70. The van der Waals surface area contributed by atoms with Gasteiger partial charge in [0.15, 0.2) is 0 Å². The van der Waals surface area contributed by atoms with E-state index in [4.69, 9.17) is 9.47 Å². The third-order valence-electron chi connectivity index (χ3n) is 4.48. The van der Waals surface area contributed by atoms with Crippen molar-refractivity contribution in [2.45, 2.75) is 65.0 Å². The van der Waals surface area contributed by atoms with Crippen LogP contribution >= 0.6 is 0 Å². The number of nitrogens with zero attached hydrogens (tertiary/aromatic N) is 1. The lowest BCUT2D eigenvalue weighted by Crippen LogP contribution is -2.40. The first kappa shape index (κ1) is 20.3. The molecule has 0 saturated carbocycles. The van der Waals surface area contributed by atoms with E-state index in [2.05, 4.69) is 12.1 Å². The van der Waals surface area contributed by atoms with Gasteiger partial charge in [-0.2, -0.15) is 0 Å². The maximum atomic E-state index is 12.6. The van der Waals surface area contributed by atoms with Crippen LogP contribution in [0.2, 0.25) is 0 Å². The zero-order valence-corrected chi connectivity index (χ0v) is 16.4. The number of rotatable bonds is 6. The molecule has 0 aliphatic carbocycles. The van der Waals surface area contributed by atoms with Gasteiger partial charge in [-0.15, -0.1) is 0 Å². The Morgan fingerprint density at radius 3 is 2.50 bits per heavy atom. The van der Waals surface area contributed by atoms with Crippen molar-refractivity contribution in [1.29, 1.82) is 0 Å². The van der Waals surface area contributed by atoms with Crippen molar-refractivity contribution in [2.75, 3.05) is 13.2 Å². The predicted octanol–water partition coefficient (Wildman–Crippen LogP) is 4.20. The molecule has 1 heterocycles. The summed E-state index contributed by atoms with van der Waals surface area (Å²) in [6, 6.07) is 10.3. The Labute approximate surface area is 156 Å². The maximum Gasteiger partial charge on any atom is 0.410 e. The van der Waals surface area contributed by atoms with Crippen LogP contribution in [0.3, 0.4) is 0 Å². The van der Waals surface area contributed by atoms with Gasteiger partial charge < -0.3 is 14.4 Å². The SMILES string of the molecule is CCOC(=O)CC[C@@H]1C[C@@H](Cc2ccccc2)CN1C(=O)OC(C)(C)C. The van der Waals surface area contributed by atoms with Gasteiger partial charge in [0.25, 0.3) is 0 Å². The molecule has 1 amide bonds. The second-order valence-electron chi connectivity index (χ2n) is 7.92. The van der Waals surface area contributed by atoms with Gasteiger partial charge in [0.1, 0.15) is 5.60 Å². The first-order valence-electron chi connectivity index (χ1n) is 9.47. The summed E-state index contributed by atoms with van der Waals surface area (Å²) in [4.78, 5) is 26.2. The summed E-state index contributed by atoms with van der Waals surface area (Å²) >= 11 is 0. The van der Waals surface area contributed by atoms with Gasteiger partial charge in [-0.3, -0.25) is 4.79 Å². The number of amides is 1. The van der Waals surface area contributed by atoms with E-state index in [1.54, 1.807) is 11.8 Å². The molecule has 1 fully saturated rings. The second-order valence-corrected chi connectivity index (χ2v) is 7.92. The van der Waals surface area contributed by atoms with Crippen molar-refractivity contribution in [3.05, 3.63) is 35.9 Å². The van der Waals surface area contributed by atoms with Crippen LogP contribution in [0.4, 0.5) is 4.79 Å². The summed E-state index contributed by atoms with van der Waals surface area (Å²) in [5.41, 5.74) is 0.744. The monoisotopic (exact) mass is 361 g/mol. The molecule has 1 saturated heterocycles. The van der Waals surface area contributed by atoms with Gasteiger partial charge in [-0.1, -0.05) is 30.3 Å². The van der Waals surface area contributed by atoms with Crippen LogP contribution in [0.5, 0.6) is 0 Å². The number of ether oxygens (including phenoxy) is 2. The molecule has 0 aromatic heterocycles. The molecule has 1 aromatic carbocycles. The summed E-state index contributed by atoms with van der Waals surface area (Å²) in [5.74, 6) is 0.167. The summed E-state index contributed by atoms with van der Waals surface area (Å²) < 4.78 is 10.6. The van der Waals surface area contributed by atoms with Crippen molar-refractivity contribution in [3.63, 3.8) is 0 Å². The Morgan fingerprint density at radius 1 is 1.19 bits per heavy atom. The van der Waals surface area contributed by atoms with Crippen LogP contribution in [-0.2, 0) is 20.7 Å². The average Bonchev–Trinajstić information content (AvgIpc) is 2.95. The van der Waals surface area contributed by atoms with Gasteiger partial charge in [-0.25, -0.2) is 4.79 Å². The molecule has 5 heteroatoms. The molecule has 1 aliphatic heterocycles. The van der Waals surface area contributed by atoms with E-state index < -0.39 is 5.60 Å². The van der Waals surface area contributed by atoms with Gasteiger partial charge >= 0.3 is 12.1 Å². The second kappa shape index (κ2) is 9.06. The van der Waals surface area contributed by atoms with Crippen LogP contribution in [-0.4, -0.2) is 41.8 Å². The normalized spacial score (nSPS) is 20.1. The van der Waals surface area contributed by atoms with E-state index in [1.807, 2.05) is 39.0 Å².